The molecule has 7 heteroatoms. The van der Waals surface area contributed by atoms with Gasteiger partial charge in [-0.1, -0.05) is 12.1 Å². The average molecular weight is 475 g/mol. The molecule has 0 aliphatic carbocycles. The van der Waals surface area contributed by atoms with Crippen LogP contribution in [0.4, 0.5) is 8.78 Å². The van der Waals surface area contributed by atoms with Crippen molar-refractivity contribution < 1.29 is 13.5 Å². The number of nitrogens with zero attached hydrogens (tertiary/aromatic N) is 1. The van der Waals surface area contributed by atoms with Crippen molar-refractivity contribution >= 4 is 29.9 Å². The van der Waals surface area contributed by atoms with E-state index >= 15 is 0 Å². The number of methoxy groups -OCH3 is 1. The largest absolute Gasteiger partial charge is 0.497 e. The monoisotopic (exact) mass is 475 g/mol. The molecule has 0 heterocycles. The number of hydrogen-bond acceptors (Lipinski definition) is 2. The van der Waals surface area contributed by atoms with Gasteiger partial charge >= 0.3 is 0 Å². The van der Waals surface area contributed by atoms with Crippen molar-refractivity contribution in [1.29, 1.82) is 0 Å². The van der Waals surface area contributed by atoms with Crippen molar-refractivity contribution in [2.75, 3.05) is 20.7 Å². The van der Waals surface area contributed by atoms with Gasteiger partial charge in [-0.25, -0.2) is 8.78 Å². The number of rotatable bonds is 7. The number of ether oxygens (including phenoxy) is 1. The number of benzene rings is 2. The van der Waals surface area contributed by atoms with Crippen LogP contribution in [0.15, 0.2) is 47.5 Å². The number of guanidine groups is 1. The summed E-state index contributed by atoms with van der Waals surface area (Å²) in [6, 6.07) is 11.4. The molecule has 0 saturated heterocycles. The second kappa shape index (κ2) is 11.7. The second-order valence-corrected chi connectivity index (χ2v) is 5.54. The van der Waals surface area contributed by atoms with Crippen LogP contribution in [0, 0.1) is 11.6 Å². The standard InChI is InChI=1S/C19H23F2N3O.HI/c1-22-19(24-13-15-12-16(20)8-9-18(15)21)23-10-4-6-14-5-3-7-17(11-14)25-2;/h3,5,7-9,11-12H,4,6,10,13H2,1-2H3,(H2,22,23,24);1H. The molecule has 0 aliphatic heterocycles. The Labute approximate surface area is 170 Å². The van der Waals surface area contributed by atoms with Crippen LogP contribution in [0.3, 0.4) is 0 Å². The minimum Gasteiger partial charge on any atom is -0.497 e. The first kappa shape index (κ1) is 22.1. The molecule has 0 radical (unpaired) electrons. The van der Waals surface area contributed by atoms with Gasteiger partial charge in [0.25, 0.3) is 0 Å². The van der Waals surface area contributed by atoms with Gasteiger partial charge in [-0.2, -0.15) is 0 Å². The third-order valence-electron chi connectivity index (χ3n) is 3.75. The highest BCUT2D eigenvalue weighted by Crippen LogP contribution is 2.13. The molecule has 26 heavy (non-hydrogen) atoms. The van der Waals surface area contributed by atoms with E-state index in [-0.39, 0.29) is 36.1 Å². The Morgan fingerprint density at radius 3 is 2.65 bits per heavy atom. The predicted octanol–water partition coefficient (Wildman–Crippen LogP) is 3.89. The maximum Gasteiger partial charge on any atom is 0.191 e. The summed E-state index contributed by atoms with van der Waals surface area (Å²) in [5.74, 6) is 0.496. The number of aliphatic imine (C=N–C) groups is 1. The molecule has 0 aromatic heterocycles. The molecule has 2 aromatic carbocycles. The van der Waals surface area contributed by atoms with E-state index in [9.17, 15) is 8.78 Å². The fraction of sp³-hybridized carbons (Fsp3) is 0.316. The molecule has 0 saturated carbocycles. The molecule has 0 fully saturated rings. The molecule has 0 amide bonds. The quantitative estimate of drug-likeness (QED) is 0.277. The molecule has 0 aliphatic rings. The fourth-order valence-corrected chi connectivity index (χ4v) is 2.41. The average Bonchev–Trinajstić information content (AvgIpc) is 2.64. The first-order valence-corrected chi connectivity index (χ1v) is 8.13. The van der Waals surface area contributed by atoms with Gasteiger partial charge in [0.15, 0.2) is 5.96 Å². The first-order chi connectivity index (χ1) is 12.1. The summed E-state index contributed by atoms with van der Waals surface area (Å²) in [7, 11) is 3.29. The van der Waals surface area contributed by atoms with Gasteiger partial charge in [0, 0.05) is 25.7 Å². The molecular weight excluding hydrogens is 451 g/mol. The summed E-state index contributed by atoms with van der Waals surface area (Å²) in [5.41, 5.74) is 1.46. The van der Waals surface area contributed by atoms with Gasteiger partial charge in [0.1, 0.15) is 17.4 Å². The van der Waals surface area contributed by atoms with E-state index in [0.717, 1.165) is 30.7 Å². The SMILES string of the molecule is CN=C(NCCCc1cccc(OC)c1)NCc1cc(F)ccc1F.I. The smallest absolute Gasteiger partial charge is 0.191 e. The number of hydrogen-bond donors (Lipinski definition) is 2. The number of nitrogens with one attached hydrogen (secondary N) is 2. The van der Waals surface area contributed by atoms with E-state index in [0.29, 0.717) is 12.5 Å². The van der Waals surface area contributed by atoms with E-state index in [4.69, 9.17) is 4.74 Å². The summed E-state index contributed by atoms with van der Waals surface area (Å²) >= 11 is 0. The van der Waals surface area contributed by atoms with Crippen molar-refractivity contribution in [2.24, 2.45) is 4.99 Å². The van der Waals surface area contributed by atoms with E-state index < -0.39 is 11.6 Å². The topological polar surface area (TPSA) is 45.7 Å². The van der Waals surface area contributed by atoms with E-state index in [1.807, 2.05) is 18.2 Å². The molecule has 142 valence electrons. The highest BCUT2D eigenvalue weighted by Gasteiger charge is 2.05. The van der Waals surface area contributed by atoms with Crippen LogP contribution < -0.4 is 15.4 Å². The summed E-state index contributed by atoms with van der Waals surface area (Å²) in [6.07, 6.45) is 1.81. The number of aryl methyl sites for hydroxylation is 1. The fourth-order valence-electron chi connectivity index (χ4n) is 2.41. The lowest BCUT2D eigenvalue weighted by Crippen LogP contribution is -2.37. The van der Waals surface area contributed by atoms with Gasteiger partial charge in [-0.15, -0.1) is 24.0 Å². The lowest BCUT2D eigenvalue weighted by atomic mass is 10.1. The maximum atomic E-state index is 13.6. The van der Waals surface area contributed by atoms with Gasteiger partial charge in [-0.05, 0) is 48.7 Å². The van der Waals surface area contributed by atoms with Crippen LogP contribution in [-0.4, -0.2) is 26.7 Å². The van der Waals surface area contributed by atoms with Crippen LogP contribution in [0.5, 0.6) is 5.75 Å². The third kappa shape index (κ3) is 7.15. The van der Waals surface area contributed by atoms with Crippen LogP contribution in [-0.2, 0) is 13.0 Å². The van der Waals surface area contributed by atoms with E-state index in [1.54, 1.807) is 14.2 Å². The molecule has 0 bridgehead atoms. The Hall–Kier alpha value is -1.90. The Morgan fingerprint density at radius 2 is 1.92 bits per heavy atom. The van der Waals surface area contributed by atoms with Gasteiger partial charge < -0.3 is 15.4 Å². The second-order valence-electron chi connectivity index (χ2n) is 5.54. The first-order valence-electron chi connectivity index (χ1n) is 8.13. The molecular formula is C19H24F2IN3O. The Kier molecular flexibility index (Phi) is 9.93. The highest BCUT2D eigenvalue weighted by atomic mass is 127. The molecule has 0 unspecified atom stereocenters. The minimum absolute atomic E-state index is 0. The zero-order valence-electron chi connectivity index (χ0n) is 14.9. The summed E-state index contributed by atoms with van der Waals surface area (Å²) in [4.78, 5) is 4.09. The van der Waals surface area contributed by atoms with Crippen LogP contribution in [0.1, 0.15) is 17.5 Å². The predicted molar refractivity (Wildman–Crippen MR) is 111 cm³/mol. The lowest BCUT2D eigenvalue weighted by Gasteiger charge is -2.12. The van der Waals surface area contributed by atoms with Gasteiger partial charge in [0.2, 0.25) is 0 Å². The zero-order valence-corrected chi connectivity index (χ0v) is 17.2. The lowest BCUT2D eigenvalue weighted by molar-refractivity contribution is 0.414. The minimum atomic E-state index is -0.459. The summed E-state index contributed by atoms with van der Waals surface area (Å²) < 4.78 is 32.0. The molecule has 0 spiro atoms. The highest BCUT2D eigenvalue weighted by molar-refractivity contribution is 14.0. The van der Waals surface area contributed by atoms with Gasteiger partial charge in [-0.3, -0.25) is 4.99 Å². The Balaban J connectivity index is 0.00000338. The Morgan fingerprint density at radius 1 is 1.12 bits per heavy atom. The summed E-state index contributed by atoms with van der Waals surface area (Å²) in [6.45, 7) is 0.877. The van der Waals surface area contributed by atoms with Crippen LogP contribution >= 0.6 is 24.0 Å². The van der Waals surface area contributed by atoms with Crippen molar-refractivity contribution in [2.45, 2.75) is 19.4 Å². The van der Waals surface area contributed by atoms with E-state index in [2.05, 4.69) is 21.7 Å². The normalized spacial score (nSPS) is 10.8. The molecule has 4 nitrogen and oxygen atoms in total. The number of halogens is 3. The van der Waals surface area contributed by atoms with Crippen molar-refractivity contribution in [3.63, 3.8) is 0 Å². The van der Waals surface area contributed by atoms with Crippen molar-refractivity contribution in [1.82, 2.24) is 10.6 Å². The Bertz CT molecular complexity index is 726. The van der Waals surface area contributed by atoms with E-state index in [1.165, 1.54) is 11.6 Å². The van der Waals surface area contributed by atoms with Gasteiger partial charge in [0.05, 0.1) is 7.11 Å². The van der Waals surface area contributed by atoms with Crippen molar-refractivity contribution in [3.05, 3.63) is 65.2 Å². The zero-order chi connectivity index (χ0) is 18.1. The summed E-state index contributed by atoms with van der Waals surface area (Å²) in [5, 5.41) is 6.15. The van der Waals surface area contributed by atoms with Crippen LogP contribution in [0.2, 0.25) is 0 Å². The third-order valence-corrected chi connectivity index (χ3v) is 3.75. The molecule has 2 aromatic rings. The molecule has 0 atom stereocenters. The van der Waals surface area contributed by atoms with Crippen LogP contribution in [0.25, 0.3) is 0 Å². The maximum absolute atomic E-state index is 13.6. The molecule has 2 rings (SSSR count). The van der Waals surface area contributed by atoms with Crippen molar-refractivity contribution in [3.8, 4) is 5.75 Å². The molecule has 2 N–H and O–H groups in total.